The number of hydrogen-bond acceptors (Lipinski definition) is 3. The Hall–Kier alpha value is -0.610. The number of carboxylic acids is 1. The first-order chi connectivity index (χ1) is 7.00. The summed E-state index contributed by atoms with van der Waals surface area (Å²) >= 11 is 0. The van der Waals surface area contributed by atoms with Gasteiger partial charge in [0.15, 0.2) is 0 Å². The summed E-state index contributed by atoms with van der Waals surface area (Å²) in [5, 5.41) is 8.78. The zero-order valence-electron chi connectivity index (χ0n) is 9.94. The van der Waals surface area contributed by atoms with Gasteiger partial charge in [-0.15, -0.1) is 0 Å². The summed E-state index contributed by atoms with van der Waals surface area (Å²) < 4.78 is 0. The summed E-state index contributed by atoms with van der Waals surface area (Å²) in [6, 6.07) is 0.950. The molecule has 0 amide bonds. The van der Waals surface area contributed by atoms with Crippen LogP contribution in [0.5, 0.6) is 0 Å². The van der Waals surface area contributed by atoms with Gasteiger partial charge < -0.3 is 10.0 Å². The van der Waals surface area contributed by atoms with E-state index in [1.54, 1.807) is 0 Å². The van der Waals surface area contributed by atoms with E-state index in [9.17, 15) is 4.79 Å². The molecule has 1 N–H and O–H groups in total. The molecule has 1 heterocycles. The second kappa shape index (κ2) is 5.47. The summed E-state index contributed by atoms with van der Waals surface area (Å²) in [4.78, 5) is 15.0. The van der Waals surface area contributed by atoms with E-state index in [1.165, 1.54) is 0 Å². The van der Waals surface area contributed by atoms with Crippen LogP contribution in [0.4, 0.5) is 0 Å². The lowest BCUT2D eigenvalue weighted by molar-refractivity contribution is -0.138. The molecule has 4 nitrogen and oxygen atoms in total. The minimum atomic E-state index is -0.714. The first kappa shape index (κ1) is 12.5. The van der Waals surface area contributed by atoms with E-state index in [-0.39, 0.29) is 6.54 Å². The molecule has 1 aliphatic heterocycles. The third-order valence-corrected chi connectivity index (χ3v) is 3.22. The van der Waals surface area contributed by atoms with Crippen molar-refractivity contribution < 1.29 is 9.90 Å². The average Bonchev–Trinajstić information content (AvgIpc) is 2.51. The largest absolute Gasteiger partial charge is 0.480 e. The fourth-order valence-electron chi connectivity index (χ4n) is 2.03. The molecule has 0 aromatic rings. The van der Waals surface area contributed by atoms with Gasteiger partial charge in [-0.1, -0.05) is 0 Å². The van der Waals surface area contributed by atoms with Crippen LogP contribution in [0.25, 0.3) is 0 Å². The van der Waals surface area contributed by atoms with Crippen molar-refractivity contribution in [3.8, 4) is 0 Å². The Morgan fingerprint density at radius 1 is 1.60 bits per heavy atom. The van der Waals surface area contributed by atoms with Crippen LogP contribution in [-0.2, 0) is 4.79 Å². The summed E-state index contributed by atoms with van der Waals surface area (Å²) in [5.74, 6) is -0.714. The highest BCUT2D eigenvalue weighted by atomic mass is 16.4. The van der Waals surface area contributed by atoms with Crippen molar-refractivity contribution in [2.75, 3.05) is 26.7 Å². The lowest BCUT2D eigenvalue weighted by Crippen LogP contribution is -2.43. The van der Waals surface area contributed by atoms with Crippen LogP contribution in [0.3, 0.4) is 0 Å². The minimum absolute atomic E-state index is 0.191. The molecule has 1 saturated heterocycles. The maximum absolute atomic E-state index is 10.7. The van der Waals surface area contributed by atoms with E-state index in [4.69, 9.17) is 5.11 Å². The third-order valence-electron chi connectivity index (χ3n) is 3.22. The quantitative estimate of drug-likeness (QED) is 0.737. The molecule has 0 spiro atoms. The number of hydrogen-bond donors (Lipinski definition) is 1. The van der Waals surface area contributed by atoms with Crippen LogP contribution >= 0.6 is 0 Å². The summed E-state index contributed by atoms with van der Waals surface area (Å²) in [7, 11) is 2.10. The van der Waals surface area contributed by atoms with E-state index in [0.717, 1.165) is 25.9 Å². The predicted octanol–water partition coefficient (Wildman–Crippen LogP) is 0.876. The fourth-order valence-corrected chi connectivity index (χ4v) is 2.03. The molecule has 0 aliphatic carbocycles. The molecular formula is C11H22N2O2. The van der Waals surface area contributed by atoms with Gasteiger partial charge in [0.2, 0.25) is 0 Å². The first-order valence-corrected chi connectivity index (χ1v) is 5.66. The van der Waals surface area contributed by atoms with Crippen LogP contribution in [0.2, 0.25) is 0 Å². The Balaban J connectivity index is 2.42. The van der Waals surface area contributed by atoms with Gasteiger partial charge in [0.1, 0.15) is 0 Å². The first-order valence-electron chi connectivity index (χ1n) is 5.66. The van der Waals surface area contributed by atoms with Crippen molar-refractivity contribution >= 4 is 5.97 Å². The number of rotatable bonds is 5. The van der Waals surface area contributed by atoms with Crippen molar-refractivity contribution in [1.29, 1.82) is 0 Å². The standard InChI is InChI=1S/C11H22N2O2/c1-9(2)12(3)7-10-5-4-6-13(10)8-11(14)15/h9-10H,4-8H2,1-3H3,(H,14,15)/t10-/m0/s1. The van der Waals surface area contributed by atoms with Gasteiger partial charge in [0.25, 0.3) is 0 Å². The van der Waals surface area contributed by atoms with E-state index in [2.05, 4.69) is 30.7 Å². The topological polar surface area (TPSA) is 43.8 Å². The van der Waals surface area contributed by atoms with Gasteiger partial charge in [0, 0.05) is 18.6 Å². The number of likely N-dealkylation sites (tertiary alicyclic amines) is 1. The molecule has 4 heteroatoms. The van der Waals surface area contributed by atoms with Gasteiger partial charge in [-0.3, -0.25) is 9.69 Å². The van der Waals surface area contributed by atoms with Crippen LogP contribution in [-0.4, -0.2) is 59.6 Å². The Kier molecular flexibility index (Phi) is 4.54. The van der Waals surface area contributed by atoms with E-state index < -0.39 is 5.97 Å². The monoisotopic (exact) mass is 214 g/mol. The average molecular weight is 214 g/mol. The molecule has 0 radical (unpaired) electrons. The summed E-state index contributed by atoms with van der Waals surface area (Å²) in [5.41, 5.74) is 0. The van der Waals surface area contributed by atoms with E-state index >= 15 is 0 Å². The molecule has 0 aromatic carbocycles. The van der Waals surface area contributed by atoms with Crippen molar-refractivity contribution in [2.24, 2.45) is 0 Å². The summed E-state index contributed by atoms with van der Waals surface area (Å²) in [6.45, 7) is 6.43. The molecule has 15 heavy (non-hydrogen) atoms. The third kappa shape index (κ3) is 3.80. The highest BCUT2D eigenvalue weighted by Gasteiger charge is 2.27. The molecule has 1 fully saturated rings. The SMILES string of the molecule is CC(C)N(C)C[C@@H]1CCCN1CC(=O)O. The second-order valence-corrected chi connectivity index (χ2v) is 4.69. The highest BCUT2D eigenvalue weighted by molar-refractivity contribution is 5.69. The Bertz CT molecular complexity index is 219. The van der Waals surface area contributed by atoms with Gasteiger partial charge in [0.05, 0.1) is 6.54 Å². The Morgan fingerprint density at radius 3 is 2.80 bits per heavy atom. The number of carboxylic acid groups (broad SMARTS) is 1. The van der Waals surface area contributed by atoms with Crippen LogP contribution in [0.15, 0.2) is 0 Å². The molecule has 1 aliphatic rings. The lowest BCUT2D eigenvalue weighted by atomic mass is 10.2. The Labute approximate surface area is 91.9 Å². The van der Waals surface area contributed by atoms with Gasteiger partial charge >= 0.3 is 5.97 Å². The van der Waals surface area contributed by atoms with Gasteiger partial charge in [-0.2, -0.15) is 0 Å². The number of likely N-dealkylation sites (N-methyl/N-ethyl adjacent to an activating group) is 1. The van der Waals surface area contributed by atoms with Gasteiger partial charge in [-0.05, 0) is 40.3 Å². The zero-order chi connectivity index (χ0) is 11.4. The normalized spacial score (nSPS) is 22.9. The van der Waals surface area contributed by atoms with Crippen LogP contribution < -0.4 is 0 Å². The molecule has 1 rings (SSSR count). The minimum Gasteiger partial charge on any atom is -0.480 e. The van der Waals surface area contributed by atoms with E-state index in [0.29, 0.717) is 12.1 Å². The predicted molar refractivity (Wildman–Crippen MR) is 60.0 cm³/mol. The molecular weight excluding hydrogens is 192 g/mol. The maximum Gasteiger partial charge on any atom is 0.317 e. The lowest BCUT2D eigenvalue weighted by Gasteiger charge is -2.29. The molecule has 88 valence electrons. The van der Waals surface area contributed by atoms with Gasteiger partial charge in [-0.25, -0.2) is 0 Å². The smallest absolute Gasteiger partial charge is 0.317 e. The molecule has 1 atom stereocenters. The molecule has 0 saturated carbocycles. The fraction of sp³-hybridized carbons (Fsp3) is 0.909. The van der Waals surface area contributed by atoms with E-state index in [1.807, 2.05) is 0 Å². The molecule has 0 aromatic heterocycles. The van der Waals surface area contributed by atoms with Crippen LogP contribution in [0, 0.1) is 0 Å². The number of carbonyl (C=O) groups is 1. The van der Waals surface area contributed by atoms with Crippen molar-refractivity contribution in [3.63, 3.8) is 0 Å². The van der Waals surface area contributed by atoms with Crippen molar-refractivity contribution in [3.05, 3.63) is 0 Å². The zero-order valence-corrected chi connectivity index (χ0v) is 9.94. The molecule has 0 unspecified atom stereocenters. The van der Waals surface area contributed by atoms with Crippen LogP contribution in [0.1, 0.15) is 26.7 Å². The Morgan fingerprint density at radius 2 is 2.27 bits per heavy atom. The summed E-state index contributed by atoms with van der Waals surface area (Å²) in [6.07, 6.45) is 2.26. The highest BCUT2D eigenvalue weighted by Crippen LogP contribution is 2.17. The number of nitrogens with zero attached hydrogens (tertiary/aromatic N) is 2. The number of aliphatic carboxylic acids is 1. The van der Waals surface area contributed by atoms with Crippen molar-refractivity contribution in [2.45, 2.75) is 38.8 Å². The molecule has 0 bridgehead atoms. The van der Waals surface area contributed by atoms with Crippen molar-refractivity contribution in [1.82, 2.24) is 9.80 Å². The second-order valence-electron chi connectivity index (χ2n) is 4.69. The maximum atomic E-state index is 10.7.